The molecule has 0 saturated carbocycles. The number of hydrogen-bond donors (Lipinski definition) is 2. The summed E-state index contributed by atoms with van der Waals surface area (Å²) in [6, 6.07) is 17.5. The topological polar surface area (TPSA) is 49.7 Å². The molecule has 2 N–H and O–H groups in total. The highest BCUT2D eigenvalue weighted by molar-refractivity contribution is 6.43. The van der Waals surface area contributed by atoms with Crippen LogP contribution in [0.25, 0.3) is 11.6 Å². The summed E-state index contributed by atoms with van der Waals surface area (Å²) in [5, 5.41) is 19.6. The van der Waals surface area contributed by atoms with Gasteiger partial charge in [0.2, 0.25) is 0 Å². The third-order valence-electron chi connectivity index (χ3n) is 5.33. The van der Waals surface area contributed by atoms with Gasteiger partial charge in [0.05, 0.1) is 6.10 Å². The van der Waals surface area contributed by atoms with E-state index in [0.29, 0.717) is 12.2 Å². The van der Waals surface area contributed by atoms with E-state index in [4.69, 9.17) is 4.65 Å². The van der Waals surface area contributed by atoms with E-state index in [1.54, 1.807) is 12.1 Å². The summed E-state index contributed by atoms with van der Waals surface area (Å²) in [6.45, 7) is 8.51. The van der Waals surface area contributed by atoms with Gasteiger partial charge in [-0.25, -0.2) is 0 Å². The SMILES string of the molecule is C=C(C1=CCB(O)OC1CC/C(=C/c1ccc(O)cc1)c1ccccc1)C(C)C. The zero-order valence-electron chi connectivity index (χ0n) is 17.2. The van der Waals surface area contributed by atoms with Gasteiger partial charge in [-0.05, 0) is 58.7 Å². The van der Waals surface area contributed by atoms with Crippen LogP contribution >= 0.6 is 0 Å². The second-order valence-electron chi connectivity index (χ2n) is 7.82. The summed E-state index contributed by atoms with van der Waals surface area (Å²) in [6.07, 6.45) is 6.12. The summed E-state index contributed by atoms with van der Waals surface area (Å²) in [5.74, 6) is 0.596. The fraction of sp³-hybridized carbons (Fsp3) is 0.280. The molecule has 0 saturated heterocycles. The summed E-state index contributed by atoms with van der Waals surface area (Å²) >= 11 is 0. The zero-order valence-corrected chi connectivity index (χ0v) is 17.2. The molecule has 3 rings (SSSR count). The maximum atomic E-state index is 10.0. The molecule has 0 bridgehead atoms. The zero-order chi connectivity index (χ0) is 20.8. The Balaban J connectivity index is 1.84. The third-order valence-corrected chi connectivity index (χ3v) is 5.33. The summed E-state index contributed by atoms with van der Waals surface area (Å²) in [7, 11) is -0.759. The highest BCUT2D eigenvalue weighted by Crippen LogP contribution is 2.32. The van der Waals surface area contributed by atoms with Crippen LogP contribution in [0.2, 0.25) is 6.32 Å². The molecule has 150 valence electrons. The van der Waals surface area contributed by atoms with Crippen molar-refractivity contribution in [2.24, 2.45) is 5.92 Å². The van der Waals surface area contributed by atoms with Gasteiger partial charge in [0.25, 0.3) is 0 Å². The van der Waals surface area contributed by atoms with Crippen molar-refractivity contribution in [2.75, 3.05) is 0 Å². The molecule has 2 aromatic rings. The van der Waals surface area contributed by atoms with Crippen LogP contribution in [0.5, 0.6) is 5.75 Å². The molecule has 0 spiro atoms. The second-order valence-corrected chi connectivity index (χ2v) is 7.82. The molecule has 2 aromatic carbocycles. The second kappa shape index (κ2) is 9.77. The molecule has 0 radical (unpaired) electrons. The molecular formula is C25H29BO3. The quantitative estimate of drug-likeness (QED) is 0.470. The van der Waals surface area contributed by atoms with Gasteiger partial charge in [0.15, 0.2) is 0 Å². The van der Waals surface area contributed by atoms with Gasteiger partial charge in [0, 0.05) is 6.32 Å². The van der Waals surface area contributed by atoms with Crippen molar-refractivity contribution >= 4 is 18.8 Å². The van der Waals surface area contributed by atoms with Crippen LogP contribution in [0.3, 0.4) is 0 Å². The third kappa shape index (κ3) is 5.72. The van der Waals surface area contributed by atoms with Crippen molar-refractivity contribution in [1.29, 1.82) is 0 Å². The predicted octanol–water partition coefficient (Wildman–Crippen LogP) is 5.73. The fourth-order valence-electron chi connectivity index (χ4n) is 3.58. The average Bonchev–Trinajstić information content (AvgIpc) is 2.72. The normalized spacial score (nSPS) is 17.4. The first-order chi connectivity index (χ1) is 13.9. The highest BCUT2D eigenvalue weighted by atomic mass is 16.5. The van der Waals surface area contributed by atoms with Gasteiger partial charge in [-0.15, -0.1) is 0 Å². The van der Waals surface area contributed by atoms with Gasteiger partial charge in [-0.3, -0.25) is 0 Å². The Kier molecular flexibility index (Phi) is 7.13. The lowest BCUT2D eigenvalue weighted by Crippen LogP contribution is -2.32. The highest BCUT2D eigenvalue weighted by Gasteiger charge is 2.29. The number of allylic oxidation sites excluding steroid dienone is 2. The van der Waals surface area contributed by atoms with Gasteiger partial charge in [-0.2, -0.15) is 0 Å². The molecular weight excluding hydrogens is 359 g/mol. The molecule has 0 fully saturated rings. The molecule has 1 heterocycles. The van der Waals surface area contributed by atoms with Crippen molar-refractivity contribution < 1.29 is 14.8 Å². The Bertz CT molecular complexity index is 882. The number of hydrogen-bond acceptors (Lipinski definition) is 3. The van der Waals surface area contributed by atoms with Crippen LogP contribution < -0.4 is 0 Å². The van der Waals surface area contributed by atoms with E-state index in [1.807, 2.05) is 30.3 Å². The first-order valence-corrected chi connectivity index (χ1v) is 10.2. The van der Waals surface area contributed by atoms with E-state index in [2.05, 4.69) is 44.7 Å². The summed E-state index contributed by atoms with van der Waals surface area (Å²) in [4.78, 5) is 0. The minimum absolute atomic E-state index is 0.166. The minimum atomic E-state index is -0.759. The number of rotatable bonds is 7. The van der Waals surface area contributed by atoms with Crippen molar-refractivity contribution in [1.82, 2.24) is 0 Å². The Morgan fingerprint density at radius 2 is 1.86 bits per heavy atom. The van der Waals surface area contributed by atoms with Crippen LogP contribution in [-0.2, 0) is 4.65 Å². The van der Waals surface area contributed by atoms with E-state index >= 15 is 0 Å². The molecule has 3 nitrogen and oxygen atoms in total. The van der Waals surface area contributed by atoms with Gasteiger partial charge in [0.1, 0.15) is 5.75 Å². The molecule has 1 unspecified atom stereocenters. The number of phenolic OH excluding ortho intramolecular Hbond substituents is 1. The maximum Gasteiger partial charge on any atom is 0.458 e. The lowest BCUT2D eigenvalue weighted by molar-refractivity contribution is 0.183. The Labute approximate surface area is 174 Å². The lowest BCUT2D eigenvalue weighted by atomic mass is 9.76. The molecule has 0 aliphatic carbocycles. The average molecular weight is 388 g/mol. The Morgan fingerprint density at radius 3 is 2.52 bits per heavy atom. The first kappa shape index (κ1) is 21.2. The van der Waals surface area contributed by atoms with E-state index in [0.717, 1.165) is 35.1 Å². The smallest absolute Gasteiger partial charge is 0.458 e. The maximum absolute atomic E-state index is 10.0. The fourth-order valence-corrected chi connectivity index (χ4v) is 3.58. The number of benzene rings is 2. The van der Waals surface area contributed by atoms with E-state index in [1.165, 1.54) is 5.57 Å². The number of phenols is 1. The van der Waals surface area contributed by atoms with Crippen LogP contribution in [0, 0.1) is 5.92 Å². The Hall–Kier alpha value is -2.56. The minimum Gasteiger partial charge on any atom is -0.508 e. The van der Waals surface area contributed by atoms with Crippen LogP contribution in [0.4, 0.5) is 0 Å². The molecule has 0 amide bonds. The molecule has 1 atom stereocenters. The summed E-state index contributed by atoms with van der Waals surface area (Å²) in [5.41, 5.74) is 5.57. The molecule has 1 aliphatic rings. The van der Waals surface area contributed by atoms with Crippen LogP contribution in [0.15, 0.2) is 78.4 Å². The van der Waals surface area contributed by atoms with Gasteiger partial charge < -0.3 is 14.8 Å². The van der Waals surface area contributed by atoms with Gasteiger partial charge in [-0.1, -0.05) is 75.0 Å². The van der Waals surface area contributed by atoms with Crippen molar-refractivity contribution in [3.05, 3.63) is 89.5 Å². The molecule has 0 aromatic heterocycles. The van der Waals surface area contributed by atoms with E-state index in [-0.39, 0.29) is 11.9 Å². The monoisotopic (exact) mass is 388 g/mol. The first-order valence-electron chi connectivity index (χ1n) is 10.2. The lowest BCUT2D eigenvalue weighted by Gasteiger charge is -2.30. The summed E-state index contributed by atoms with van der Waals surface area (Å²) < 4.78 is 5.89. The van der Waals surface area contributed by atoms with Crippen LogP contribution in [-0.4, -0.2) is 23.4 Å². The molecule has 4 heteroatoms. The number of aromatic hydroxyl groups is 1. The van der Waals surface area contributed by atoms with Gasteiger partial charge >= 0.3 is 7.12 Å². The standard InChI is InChI=1S/C25H29BO3/c1-18(2)19(3)24-15-16-26(28)29-25(24)14-11-22(21-7-5-4-6-8-21)17-20-9-12-23(27)13-10-20/h4-10,12-13,15,17-18,25,27-28H,3,11,14,16H2,1-2H3/b22-17-. The van der Waals surface area contributed by atoms with Crippen molar-refractivity contribution in [3.8, 4) is 5.75 Å². The van der Waals surface area contributed by atoms with E-state index in [9.17, 15) is 10.1 Å². The van der Waals surface area contributed by atoms with Crippen molar-refractivity contribution in [2.45, 2.75) is 39.1 Å². The molecule has 29 heavy (non-hydrogen) atoms. The van der Waals surface area contributed by atoms with E-state index < -0.39 is 7.12 Å². The predicted molar refractivity (Wildman–Crippen MR) is 121 cm³/mol. The molecule has 1 aliphatic heterocycles. The largest absolute Gasteiger partial charge is 0.508 e. The Morgan fingerprint density at radius 1 is 1.17 bits per heavy atom. The van der Waals surface area contributed by atoms with Crippen LogP contribution in [0.1, 0.15) is 37.8 Å². The van der Waals surface area contributed by atoms with Crippen molar-refractivity contribution in [3.63, 3.8) is 0 Å².